The highest BCUT2D eigenvalue weighted by Gasteiger charge is 2.43. The van der Waals surface area contributed by atoms with Gasteiger partial charge in [-0.2, -0.15) is 0 Å². The molecule has 0 aromatic rings. The number of rotatable bonds is 4. The van der Waals surface area contributed by atoms with Crippen molar-refractivity contribution in [1.29, 1.82) is 0 Å². The minimum atomic E-state index is 0.255. The van der Waals surface area contributed by atoms with Gasteiger partial charge in [0.05, 0.1) is 5.92 Å². The Morgan fingerprint density at radius 2 is 2.00 bits per heavy atom. The summed E-state index contributed by atoms with van der Waals surface area (Å²) in [4.78, 5) is 14.9. The Morgan fingerprint density at radius 3 is 2.53 bits per heavy atom. The van der Waals surface area contributed by atoms with Gasteiger partial charge in [0.2, 0.25) is 5.91 Å². The fourth-order valence-corrected chi connectivity index (χ4v) is 3.15. The third-order valence-corrected chi connectivity index (χ3v) is 4.58. The van der Waals surface area contributed by atoms with Crippen LogP contribution in [0.2, 0.25) is 0 Å². The average Bonchev–Trinajstić information content (AvgIpc) is 3.21. The van der Waals surface area contributed by atoms with Crippen molar-refractivity contribution in [1.82, 2.24) is 10.2 Å². The van der Waals surface area contributed by atoms with Gasteiger partial charge in [-0.25, -0.2) is 0 Å². The van der Waals surface area contributed by atoms with Crippen molar-refractivity contribution in [3.05, 3.63) is 0 Å². The molecule has 1 N–H and O–H groups in total. The van der Waals surface area contributed by atoms with E-state index in [9.17, 15) is 4.79 Å². The van der Waals surface area contributed by atoms with Crippen LogP contribution in [-0.4, -0.2) is 36.0 Å². The van der Waals surface area contributed by atoms with Gasteiger partial charge in [0.15, 0.2) is 0 Å². The Balaban J connectivity index is 1.66. The highest BCUT2D eigenvalue weighted by atomic mass is 16.2. The summed E-state index contributed by atoms with van der Waals surface area (Å²) in [5.74, 6) is 1.50. The summed E-state index contributed by atoms with van der Waals surface area (Å²) in [6, 6.07) is 1.08. The molecule has 96 valence electrons. The van der Waals surface area contributed by atoms with Crippen molar-refractivity contribution in [2.24, 2.45) is 11.8 Å². The van der Waals surface area contributed by atoms with Crippen LogP contribution in [0.4, 0.5) is 0 Å². The lowest BCUT2D eigenvalue weighted by Crippen LogP contribution is -2.48. The summed E-state index contributed by atoms with van der Waals surface area (Å²) < 4.78 is 0. The summed E-state index contributed by atoms with van der Waals surface area (Å²) in [5, 5.41) is 3.37. The summed E-state index contributed by atoms with van der Waals surface area (Å²) in [6.07, 6.45) is 7.40. The third kappa shape index (κ3) is 2.49. The fourth-order valence-electron chi connectivity index (χ4n) is 3.15. The number of piperidine rings is 1. The SMILES string of the molecule is CC(C1CC1)N(C(=O)C1CCCNC1)C1CC1. The minimum Gasteiger partial charge on any atom is -0.336 e. The molecule has 17 heavy (non-hydrogen) atoms. The van der Waals surface area contributed by atoms with E-state index in [1.54, 1.807) is 0 Å². The first-order valence-corrected chi connectivity index (χ1v) is 7.30. The topological polar surface area (TPSA) is 32.3 Å². The second kappa shape index (κ2) is 4.60. The maximum atomic E-state index is 12.6. The molecular formula is C14H24N2O. The van der Waals surface area contributed by atoms with Crippen molar-refractivity contribution in [3.63, 3.8) is 0 Å². The van der Waals surface area contributed by atoms with E-state index in [0.29, 0.717) is 18.0 Å². The molecule has 3 nitrogen and oxygen atoms in total. The molecule has 0 aromatic carbocycles. The van der Waals surface area contributed by atoms with Crippen molar-refractivity contribution in [2.45, 2.75) is 57.5 Å². The number of nitrogens with zero attached hydrogens (tertiary/aromatic N) is 1. The van der Waals surface area contributed by atoms with Gasteiger partial charge in [0, 0.05) is 18.6 Å². The smallest absolute Gasteiger partial charge is 0.227 e. The van der Waals surface area contributed by atoms with Gasteiger partial charge in [0.25, 0.3) is 0 Å². The first kappa shape index (κ1) is 11.5. The fraction of sp³-hybridized carbons (Fsp3) is 0.929. The lowest BCUT2D eigenvalue weighted by atomic mass is 9.97. The lowest BCUT2D eigenvalue weighted by Gasteiger charge is -2.34. The van der Waals surface area contributed by atoms with Crippen LogP contribution in [0.15, 0.2) is 0 Å². The molecule has 1 saturated heterocycles. The number of carbonyl (C=O) groups excluding carboxylic acids is 1. The van der Waals surface area contributed by atoms with Crippen LogP contribution >= 0.6 is 0 Å². The molecule has 3 heteroatoms. The molecule has 0 bridgehead atoms. The maximum Gasteiger partial charge on any atom is 0.227 e. The van der Waals surface area contributed by atoms with Crippen molar-refractivity contribution >= 4 is 5.91 Å². The molecule has 1 heterocycles. The molecule has 3 aliphatic rings. The van der Waals surface area contributed by atoms with Gasteiger partial charge >= 0.3 is 0 Å². The predicted octanol–water partition coefficient (Wildman–Crippen LogP) is 1.78. The second-order valence-corrected chi connectivity index (χ2v) is 6.10. The molecule has 0 spiro atoms. The highest BCUT2D eigenvalue weighted by molar-refractivity contribution is 5.80. The summed E-state index contributed by atoms with van der Waals surface area (Å²) in [5.41, 5.74) is 0. The molecule has 3 fully saturated rings. The summed E-state index contributed by atoms with van der Waals surface area (Å²) in [7, 11) is 0. The van der Waals surface area contributed by atoms with Crippen molar-refractivity contribution in [2.75, 3.05) is 13.1 Å². The zero-order valence-electron chi connectivity index (χ0n) is 10.8. The zero-order chi connectivity index (χ0) is 11.8. The van der Waals surface area contributed by atoms with Crippen molar-refractivity contribution in [3.8, 4) is 0 Å². The van der Waals surface area contributed by atoms with E-state index in [2.05, 4.69) is 17.1 Å². The minimum absolute atomic E-state index is 0.255. The zero-order valence-corrected chi connectivity index (χ0v) is 10.8. The Kier molecular flexibility index (Phi) is 3.12. The quantitative estimate of drug-likeness (QED) is 0.807. The normalized spacial score (nSPS) is 31.0. The van der Waals surface area contributed by atoms with Crippen molar-refractivity contribution < 1.29 is 4.79 Å². The molecule has 1 amide bonds. The monoisotopic (exact) mass is 236 g/mol. The van der Waals surface area contributed by atoms with Crippen LogP contribution in [0, 0.1) is 11.8 Å². The standard InChI is InChI=1S/C14H24N2O/c1-10(11-4-5-11)16(13-6-7-13)14(17)12-3-2-8-15-9-12/h10-13,15H,2-9H2,1H3. The van der Waals surface area contributed by atoms with Crippen LogP contribution < -0.4 is 5.32 Å². The second-order valence-electron chi connectivity index (χ2n) is 6.10. The average molecular weight is 236 g/mol. The number of hydrogen-bond donors (Lipinski definition) is 1. The third-order valence-electron chi connectivity index (χ3n) is 4.58. The van der Waals surface area contributed by atoms with Crippen LogP contribution in [0.25, 0.3) is 0 Å². The van der Waals surface area contributed by atoms with Crippen LogP contribution in [-0.2, 0) is 4.79 Å². The maximum absolute atomic E-state index is 12.6. The van der Waals surface area contributed by atoms with Gasteiger partial charge in [-0.05, 0) is 57.9 Å². The van der Waals surface area contributed by atoms with Gasteiger partial charge in [-0.3, -0.25) is 4.79 Å². The van der Waals surface area contributed by atoms with E-state index >= 15 is 0 Å². The Labute approximate surface area is 104 Å². The predicted molar refractivity (Wildman–Crippen MR) is 67.6 cm³/mol. The molecular weight excluding hydrogens is 212 g/mol. The lowest BCUT2D eigenvalue weighted by molar-refractivity contribution is -0.139. The van der Waals surface area contributed by atoms with Crippen LogP contribution in [0.3, 0.4) is 0 Å². The molecule has 0 radical (unpaired) electrons. The molecule has 2 unspecified atom stereocenters. The summed E-state index contributed by atoms with van der Waals surface area (Å²) >= 11 is 0. The molecule has 3 rings (SSSR count). The Bertz CT molecular complexity index is 291. The molecule has 2 saturated carbocycles. The van der Waals surface area contributed by atoms with E-state index < -0.39 is 0 Å². The van der Waals surface area contributed by atoms with E-state index in [0.717, 1.165) is 31.8 Å². The molecule has 1 aliphatic heterocycles. The first-order chi connectivity index (χ1) is 8.27. The van der Waals surface area contributed by atoms with Gasteiger partial charge < -0.3 is 10.2 Å². The van der Waals surface area contributed by atoms with E-state index in [-0.39, 0.29) is 5.92 Å². The van der Waals surface area contributed by atoms with Crippen LogP contribution in [0.5, 0.6) is 0 Å². The van der Waals surface area contributed by atoms with Crippen LogP contribution in [0.1, 0.15) is 45.4 Å². The van der Waals surface area contributed by atoms with E-state index in [1.165, 1.54) is 25.7 Å². The largest absolute Gasteiger partial charge is 0.336 e. The number of carbonyl (C=O) groups is 1. The highest BCUT2D eigenvalue weighted by Crippen LogP contribution is 2.40. The molecule has 2 aliphatic carbocycles. The number of amides is 1. The van der Waals surface area contributed by atoms with E-state index in [4.69, 9.17) is 0 Å². The van der Waals surface area contributed by atoms with E-state index in [1.807, 2.05) is 0 Å². The number of hydrogen-bond acceptors (Lipinski definition) is 2. The van der Waals surface area contributed by atoms with Gasteiger partial charge in [-0.1, -0.05) is 0 Å². The molecule has 2 atom stereocenters. The Morgan fingerprint density at radius 1 is 1.24 bits per heavy atom. The Hall–Kier alpha value is -0.570. The molecule has 0 aromatic heterocycles. The van der Waals surface area contributed by atoms with Gasteiger partial charge in [0.1, 0.15) is 0 Å². The number of nitrogens with one attached hydrogen (secondary N) is 1. The first-order valence-electron chi connectivity index (χ1n) is 7.30. The van der Waals surface area contributed by atoms with Gasteiger partial charge in [-0.15, -0.1) is 0 Å². The summed E-state index contributed by atoms with van der Waals surface area (Å²) in [6.45, 7) is 4.26.